The van der Waals surface area contributed by atoms with Gasteiger partial charge in [0.15, 0.2) is 0 Å². The average molecular weight is 297 g/mol. The van der Waals surface area contributed by atoms with Gasteiger partial charge >= 0.3 is 0 Å². The van der Waals surface area contributed by atoms with Crippen molar-refractivity contribution < 1.29 is 4.79 Å². The van der Waals surface area contributed by atoms with Crippen LogP contribution in [0.15, 0.2) is 24.3 Å². The Morgan fingerprint density at radius 2 is 1.95 bits per heavy atom. The minimum Gasteiger partial charge on any atom is -0.369 e. The molecule has 1 atom stereocenters. The van der Waals surface area contributed by atoms with E-state index in [0.717, 1.165) is 44.5 Å². The number of hydrogen-bond donors (Lipinski definition) is 0. The minimum absolute atomic E-state index is 0.273. The Bertz CT molecular complexity index is 571. The predicted octanol–water partition coefficient (Wildman–Crippen LogP) is 2.79. The van der Waals surface area contributed by atoms with E-state index in [1.807, 2.05) is 36.2 Å². The zero-order chi connectivity index (χ0) is 15.5. The van der Waals surface area contributed by atoms with E-state index in [1.165, 1.54) is 6.42 Å². The maximum atomic E-state index is 12.4. The van der Waals surface area contributed by atoms with E-state index in [4.69, 9.17) is 5.26 Å². The molecule has 4 heteroatoms. The minimum atomic E-state index is 0.273. The molecule has 1 saturated carbocycles. The second kappa shape index (κ2) is 6.39. The van der Waals surface area contributed by atoms with Crippen molar-refractivity contribution in [3.05, 3.63) is 29.8 Å². The Kier molecular flexibility index (Phi) is 4.33. The number of hydrogen-bond acceptors (Lipinski definition) is 3. The Morgan fingerprint density at radius 3 is 2.55 bits per heavy atom. The molecule has 1 saturated heterocycles. The summed E-state index contributed by atoms with van der Waals surface area (Å²) >= 11 is 0. The summed E-state index contributed by atoms with van der Waals surface area (Å²) in [5, 5.41) is 8.89. The summed E-state index contributed by atoms with van der Waals surface area (Å²) in [4.78, 5) is 16.7. The first kappa shape index (κ1) is 14.9. The van der Waals surface area contributed by atoms with Gasteiger partial charge in [-0.05, 0) is 49.9 Å². The first-order valence-corrected chi connectivity index (χ1v) is 8.21. The van der Waals surface area contributed by atoms with Crippen LogP contribution in [0.2, 0.25) is 0 Å². The summed E-state index contributed by atoms with van der Waals surface area (Å²) in [7, 11) is 1.97. The molecule has 0 aromatic heterocycles. The van der Waals surface area contributed by atoms with Crippen LogP contribution in [0.3, 0.4) is 0 Å². The molecule has 116 valence electrons. The summed E-state index contributed by atoms with van der Waals surface area (Å²) in [5.41, 5.74) is 1.84. The number of piperidine rings is 1. The van der Waals surface area contributed by atoms with Crippen LogP contribution in [0.5, 0.6) is 0 Å². The number of likely N-dealkylation sites (N-methyl/N-ethyl adjacent to an activating group) is 1. The smallest absolute Gasteiger partial charge is 0.225 e. The molecule has 1 unspecified atom stereocenters. The Labute approximate surface area is 132 Å². The number of nitriles is 1. The van der Waals surface area contributed by atoms with E-state index in [0.29, 0.717) is 17.5 Å². The third kappa shape index (κ3) is 2.94. The van der Waals surface area contributed by atoms with Gasteiger partial charge in [0, 0.05) is 37.8 Å². The Morgan fingerprint density at radius 1 is 1.23 bits per heavy atom. The monoisotopic (exact) mass is 297 g/mol. The van der Waals surface area contributed by atoms with Crippen LogP contribution in [0, 0.1) is 17.2 Å². The molecule has 0 bridgehead atoms. The lowest BCUT2D eigenvalue weighted by atomic mass is 9.84. The summed E-state index contributed by atoms with van der Waals surface area (Å²) in [6, 6.07) is 10.2. The molecular formula is C18H23N3O. The topological polar surface area (TPSA) is 47.3 Å². The molecule has 1 aliphatic heterocycles. The molecule has 2 fully saturated rings. The number of carbonyl (C=O) groups excluding carboxylic acids is 1. The van der Waals surface area contributed by atoms with Gasteiger partial charge in [0.25, 0.3) is 0 Å². The van der Waals surface area contributed by atoms with Crippen molar-refractivity contribution in [1.29, 1.82) is 5.26 Å². The summed E-state index contributed by atoms with van der Waals surface area (Å²) < 4.78 is 0. The second-order valence-corrected chi connectivity index (χ2v) is 6.48. The van der Waals surface area contributed by atoms with Crippen LogP contribution in [0.25, 0.3) is 0 Å². The predicted molar refractivity (Wildman–Crippen MR) is 86.5 cm³/mol. The standard InChI is InChI=1S/C18H23N3O/c1-20(18(22)15-4-2-5-15)17-6-3-11-21(13-17)16-9-7-14(12-19)8-10-16/h7-10,15,17H,2-6,11,13H2,1H3. The fourth-order valence-electron chi connectivity index (χ4n) is 3.38. The number of nitrogens with zero attached hydrogens (tertiary/aromatic N) is 3. The molecule has 4 nitrogen and oxygen atoms in total. The molecule has 1 aromatic carbocycles. The number of rotatable bonds is 3. The molecule has 22 heavy (non-hydrogen) atoms. The van der Waals surface area contributed by atoms with Gasteiger partial charge in [-0.3, -0.25) is 4.79 Å². The van der Waals surface area contributed by atoms with Gasteiger partial charge in [-0.25, -0.2) is 0 Å². The normalized spacial score (nSPS) is 21.8. The fourth-order valence-corrected chi connectivity index (χ4v) is 3.38. The third-order valence-corrected chi connectivity index (χ3v) is 5.11. The van der Waals surface area contributed by atoms with Gasteiger partial charge < -0.3 is 9.80 Å². The lowest BCUT2D eigenvalue weighted by molar-refractivity contribution is -0.139. The van der Waals surface area contributed by atoms with Crippen molar-refractivity contribution in [2.45, 2.75) is 38.1 Å². The maximum Gasteiger partial charge on any atom is 0.225 e. The second-order valence-electron chi connectivity index (χ2n) is 6.48. The van der Waals surface area contributed by atoms with Crippen LogP contribution in [-0.4, -0.2) is 37.0 Å². The highest BCUT2D eigenvalue weighted by atomic mass is 16.2. The summed E-state index contributed by atoms with van der Waals surface area (Å²) in [6.07, 6.45) is 5.52. The highest BCUT2D eigenvalue weighted by molar-refractivity contribution is 5.79. The lowest BCUT2D eigenvalue weighted by Crippen LogP contribution is -2.50. The molecule has 0 radical (unpaired) electrons. The molecule has 0 N–H and O–H groups in total. The molecule has 2 aliphatic rings. The van der Waals surface area contributed by atoms with Gasteiger partial charge in [-0.15, -0.1) is 0 Å². The first-order chi connectivity index (χ1) is 10.7. The lowest BCUT2D eigenvalue weighted by Gasteiger charge is -2.41. The van der Waals surface area contributed by atoms with Gasteiger partial charge in [0.2, 0.25) is 5.91 Å². The van der Waals surface area contributed by atoms with Crippen LogP contribution in [-0.2, 0) is 4.79 Å². The Hall–Kier alpha value is -2.02. The van der Waals surface area contributed by atoms with Crippen molar-refractivity contribution in [3.8, 4) is 6.07 Å². The average Bonchev–Trinajstić information content (AvgIpc) is 2.52. The van der Waals surface area contributed by atoms with E-state index in [-0.39, 0.29) is 5.92 Å². The van der Waals surface area contributed by atoms with Crippen molar-refractivity contribution in [2.24, 2.45) is 5.92 Å². The van der Waals surface area contributed by atoms with E-state index in [1.54, 1.807) is 0 Å². The highest BCUT2D eigenvalue weighted by Crippen LogP contribution is 2.30. The Balaban J connectivity index is 1.65. The third-order valence-electron chi connectivity index (χ3n) is 5.11. The van der Waals surface area contributed by atoms with Crippen LogP contribution < -0.4 is 4.90 Å². The van der Waals surface area contributed by atoms with Gasteiger partial charge in [-0.1, -0.05) is 6.42 Å². The van der Waals surface area contributed by atoms with E-state index in [2.05, 4.69) is 11.0 Å². The molecule has 0 spiro atoms. The largest absolute Gasteiger partial charge is 0.369 e. The number of amides is 1. The first-order valence-electron chi connectivity index (χ1n) is 8.21. The molecule has 3 rings (SSSR count). The number of anilines is 1. The number of carbonyl (C=O) groups is 1. The van der Waals surface area contributed by atoms with Crippen molar-refractivity contribution in [2.75, 3.05) is 25.0 Å². The van der Waals surface area contributed by atoms with Crippen molar-refractivity contribution >= 4 is 11.6 Å². The van der Waals surface area contributed by atoms with Gasteiger partial charge in [0.05, 0.1) is 11.6 Å². The van der Waals surface area contributed by atoms with Crippen molar-refractivity contribution in [1.82, 2.24) is 4.90 Å². The molecule has 1 aliphatic carbocycles. The molecular weight excluding hydrogens is 274 g/mol. The zero-order valence-electron chi connectivity index (χ0n) is 13.2. The number of benzene rings is 1. The summed E-state index contributed by atoms with van der Waals surface area (Å²) in [6.45, 7) is 1.91. The van der Waals surface area contributed by atoms with Crippen molar-refractivity contribution in [3.63, 3.8) is 0 Å². The molecule has 1 amide bonds. The van der Waals surface area contributed by atoms with E-state index < -0.39 is 0 Å². The SMILES string of the molecule is CN(C(=O)C1CCC1)C1CCCN(c2ccc(C#N)cc2)C1. The van der Waals surface area contributed by atoms with Crippen LogP contribution in [0.4, 0.5) is 5.69 Å². The van der Waals surface area contributed by atoms with Crippen LogP contribution in [0.1, 0.15) is 37.7 Å². The molecule has 1 heterocycles. The van der Waals surface area contributed by atoms with Gasteiger partial charge in [-0.2, -0.15) is 5.26 Å². The fraction of sp³-hybridized carbons (Fsp3) is 0.556. The van der Waals surface area contributed by atoms with E-state index >= 15 is 0 Å². The quantitative estimate of drug-likeness (QED) is 0.862. The van der Waals surface area contributed by atoms with E-state index in [9.17, 15) is 4.79 Å². The molecule has 1 aromatic rings. The maximum absolute atomic E-state index is 12.4. The highest BCUT2D eigenvalue weighted by Gasteiger charge is 2.32. The zero-order valence-corrected chi connectivity index (χ0v) is 13.2. The summed E-state index contributed by atoms with van der Waals surface area (Å²) in [5.74, 6) is 0.605. The van der Waals surface area contributed by atoms with Crippen LogP contribution >= 0.6 is 0 Å². The van der Waals surface area contributed by atoms with Gasteiger partial charge in [0.1, 0.15) is 0 Å².